The van der Waals surface area contributed by atoms with E-state index >= 15 is 0 Å². The van der Waals surface area contributed by atoms with Crippen LogP contribution in [0.25, 0.3) is 0 Å². The summed E-state index contributed by atoms with van der Waals surface area (Å²) >= 11 is 0. The Morgan fingerprint density at radius 3 is 2.39 bits per heavy atom. The molecule has 0 aliphatic heterocycles. The lowest BCUT2D eigenvalue weighted by Crippen LogP contribution is -2.19. The predicted octanol–water partition coefficient (Wildman–Crippen LogP) is 2.99. The minimum atomic E-state index is -0.282. The second-order valence-electron chi connectivity index (χ2n) is 4.88. The smallest absolute Gasteiger partial charge is 0.271 e. The molecule has 0 spiro atoms. The lowest BCUT2D eigenvalue weighted by molar-refractivity contribution is 0.0955. The zero-order valence-corrected chi connectivity index (χ0v) is 13.0. The predicted molar refractivity (Wildman–Crippen MR) is 92.7 cm³/mol. The molecular weight excluding hydrogens is 290 g/mol. The average Bonchev–Trinajstić information content (AvgIpc) is 2.58. The monoisotopic (exact) mass is 309 g/mol. The molecule has 0 aliphatic carbocycles. The highest BCUT2D eigenvalue weighted by Gasteiger charge is 2.05. The molecule has 2 rings (SSSR count). The van der Waals surface area contributed by atoms with Crippen LogP contribution in [0, 0.1) is 0 Å². The minimum absolute atomic E-state index is 0.282. The fourth-order valence-corrected chi connectivity index (χ4v) is 1.85. The standard InChI is InChI=1S/C18H19N3O2/c1-3-12-23-17-10-6-15(7-11-17)18(22)21-20-13(2)14-4-8-16(19)9-5-14/h3-11H,1,12,19H2,2H3,(H,21,22)/b20-13+. The van der Waals surface area contributed by atoms with Crippen molar-refractivity contribution in [3.8, 4) is 5.75 Å². The first kappa shape index (κ1) is 16.3. The van der Waals surface area contributed by atoms with Gasteiger partial charge in [-0.3, -0.25) is 4.79 Å². The Hall–Kier alpha value is -3.08. The quantitative estimate of drug-likeness (QED) is 0.373. The van der Waals surface area contributed by atoms with Gasteiger partial charge in [0.1, 0.15) is 12.4 Å². The largest absolute Gasteiger partial charge is 0.490 e. The van der Waals surface area contributed by atoms with Crippen molar-refractivity contribution >= 4 is 17.3 Å². The third-order valence-electron chi connectivity index (χ3n) is 3.14. The van der Waals surface area contributed by atoms with Gasteiger partial charge in [0, 0.05) is 11.3 Å². The number of benzene rings is 2. The number of hydrogen-bond acceptors (Lipinski definition) is 4. The van der Waals surface area contributed by atoms with E-state index in [4.69, 9.17) is 10.5 Å². The summed E-state index contributed by atoms with van der Waals surface area (Å²) in [5.74, 6) is 0.401. The molecule has 5 heteroatoms. The van der Waals surface area contributed by atoms with E-state index < -0.39 is 0 Å². The Bertz CT molecular complexity index is 704. The molecule has 0 aliphatic rings. The van der Waals surface area contributed by atoms with Crippen LogP contribution < -0.4 is 15.9 Å². The Labute approximate surface area is 135 Å². The summed E-state index contributed by atoms with van der Waals surface area (Å²) in [6.45, 7) is 5.83. The maximum Gasteiger partial charge on any atom is 0.271 e. The number of anilines is 1. The fraction of sp³-hybridized carbons (Fsp3) is 0.111. The van der Waals surface area contributed by atoms with Crippen LogP contribution in [0.3, 0.4) is 0 Å². The van der Waals surface area contributed by atoms with Gasteiger partial charge in [-0.05, 0) is 48.9 Å². The maximum atomic E-state index is 12.1. The lowest BCUT2D eigenvalue weighted by atomic mass is 10.1. The van der Waals surface area contributed by atoms with Crippen molar-refractivity contribution in [1.82, 2.24) is 5.43 Å². The van der Waals surface area contributed by atoms with Crippen molar-refractivity contribution in [3.63, 3.8) is 0 Å². The molecule has 1 amide bonds. The SMILES string of the molecule is C=CCOc1ccc(C(=O)N/N=C(\C)c2ccc(N)cc2)cc1. The minimum Gasteiger partial charge on any atom is -0.490 e. The van der Waals surface area contributed by atoms with Gasteiger partial charge in [0.25, 0.3) is 5.91 Å². The van der Waals surface area contributed by atoms with Crippen molar-refractivity contribution in [1.29, 1.82) is 0 Å². The first-order valence-corrected chi connectivity index (χ1v) is 7.14. The second kappa shape index (κ2) is 7.79. The van der Waals surface area contributed by atoms with Crippen molar-refractivity contribution in [3.05, 3.63) is 72.3 Å². The van der Waals surface area contributed by atoms with Crippen LogP contribution in [-0.4, -0.2) is 18.2 Å². The second-order valence-corrected chi connectivity index (χ2v) is 4.88. The summed E-state index contributed by atoms with van der Waals surface area (Å²) in [6.07, 6.45) is 1.66. The van der Waals surface area contributed by atoms with Gasteiger partial charge in [-0.2, -0.15) is 5.10 Å². The normalized spacial score (nSPS) is 10.9. The molecule has 0 bridgehead atoms. The van der Waals surface area contributed by atoms with Crippen LogP contribution in [0.1, 0.15) is 22.8 Å². The van der Waals surface area contributed by atoms with Crippen LogP contribution in [-0.2, 0) is 0 Å². The van der Waals surface area contributed by atoms with Crippen LogP contribution in [0.15, 0.2) is 66.3 Å². The van der Waals surface area contributed by atoms with Crippen molar-refractivity contribution in [2.45, 2.75) is 6.92 Å². The topological polar surface area (TPSA) is 76.7 Å². The molecule has 0 aromatic heterocycles. The molecule has 118 valence electrons. The van der Waals surface area contributed by atoms with Crippen LogP contribution >= 0.6 is 0 Å². The number of nitrogen functional groups attached to an aromatic ring is 1. The Morgan fingerprint density at radius 1 is 1.17 bits per heavy atom. The van der Waals surface area contributed by atoms with Crippen LogP contribution in [0.4, 0.5) is 5.69 Å². The summed E-state index contributed by atoms with van der Waals surface area (Å²) in [6, 6.07) is 14.1. The molecular formula is C18H19N3O2. The molecule has 23 heavy (non-hydrogen) atoms. The molecule has 0 radical (unpaired) electrons. The Balaban J connectivity index is 1.99. The fourth-order valence-electron chi connectivity index (χ4n) is 1.85. The van der Waals surface area contributed by atoms with Gasteiger partial charge in [-0.15, -0.1) is 0 Å². The highest BCUT2D eigenvalue weighted by atomic mass is 16.5. The molecule has 0 heterocycles. The van der Waals surface area contributed by atoms with E-state index in [1.54, 1.807) is 42.5 Å². The van der Waals surface area contributed by atoms with E-state index in [9.17, 15) is 4.79 Å². The van der Waals surface area contributed by atoms with Crippen LogP contribution in [0.5, 0.6) is 5.75 Å². The maximum absolute atomic E-state index is 12.1. The Kier molecular flexibility index (Phi) is 5.52. The van der Waals surface area contributed by atoms with E-state index in [1.165, 1.54) is 0 Å². The van der Waals surface area contributed by atoms with Gasteiger partial charge in [0.05, 0.1) is 5.71 Å². The number of rotatable bonds is 6. The lowest BCUT2D eigenvalue weighted by Gasteiger charge is -2.05. The molecule has 5 nitrogen and oxygen atoms in total. The zero-order valence-electron chi connectivity index (χ0n) is 13.0. The Morgan fingerprint density at radius 2 is 1.78 bits per heavy atom. The summed E-state index contributed by atoms with van der Waals surface area (Å²) in [5, 5.41) is 4.10. The molecule has 0 unspecified atom stereocenters. The third kappa shape index (κ3) is 4.71. The van der Waals surface area contributed by atoms with Crippen molar-refractivity contribution in [2.75, 3.05) is 12.3 Å². The summed E-state index contributed by atoms with van der Waals surface area (Å²) in [4.78, 5) is 12.1. The number of carbonyl (C=O) groups excluding carboxylic acids is 1. The molecule has 0 atom stereocenters. The van der Waals surface area contributed by atoms with Crippen molar-refractivity contribution in [2.24, 2.45) is 5.10 Å². The number of hydrazone groups is 1. The molecule has 0 fully saturated rings. The number of amides is 1. The number of nitrogens with zero attached hydrogens (tertiary/aromatic N) is 1. The molecule has 0 saturated heterocycles. The third-order valence-corrected chi connectivity index (χ3v) is 3.14. The summed E-state index contributed by atoms with van der Waals surface area (Å²) in [5.41, 5.74) is 11.0. The number of carbonyl (C=O) groups is 1. The van der Waals surface area contributed by atoms with Gasteiger partial charge < -0.3 is 10.5 Å². The highest BCUT2D eigenvalue weighted by molar-refractivity contribution is 6.01. The van der Waals surface area contributed by atoms with Gasteiger partial charge in [0.2, 0.25) is 0 Å². The zero-order chi connectivity index (χ0) is 16.7. The number of nitrogens with two attached hydrogens (primary N) is 1. The van der Waals surface area contributed by atoms with Gasteiger partial charge >= 0.3 is 0 Å². The van der Waals surface area contributed by atoms with E-state index in [0.29, 0.717) is 29.3 Å². The van der Waals surface area contributed by atoms with Crippen LogP contribution in [0.2, 0.25) is 0 Å². The number of nitrogens with one attached hydrogen (secondary N) is 1. The van der Waals surface area contributed by atoms with E-state index in [2.05, 4.69) is 17.1 Å². The first-order chi connectivity index (χ1) is 11.1. The van der Waals surface area contributed by atoms with Gasteiger partial charge in [-0.25, -0.2) is 5.43 Å². The summed E-state index contributed by atoms with van der Waals surface area (Å²) < 4.78 is 5.37. The van der Waals surface area contributed by atoms with E-state index in [0.717, 1.165) is 5.56 Å². The van der Waals surface area contributed by atoms with E-state index in [1.807, 2.05) is 19.1 Å². The summed E-state index contributed by atoms with van der Waals surface area (Å²) in [7, 11) is 0. The van der Waals surface area contributed by atoms with Crippen molar-refractivity contribution < 1.29 is 9.53 Å². The van der Waals surface area contributed by atoms with Gasteiger partial charge in [-0.1, -0.05) is 24.8 Å². The van der Waals surface area contributed by atoms with Gasteiger partial charge in [0.15, 0.2) is 0 Å². The van der Waals surface area contributed by atoms with E-state index in [-0.39, 0.29) is 5.91 Å². The molecule has 2 aromatic carbocycles. The first-order valence-electron chi connectivity index (χ1n) is 7.14. The molecule has 3 N–H and O–H groups in total. The number of hydrogen-bond donors (Lipinski definition) is 2. The number of ether oxygens (including phenoxy) is 1. The average molecular weight is 309 g/mol. The molecule has 2 aromatic rings. The molecule has 0 saturated carbocycles. The highest BCUT2D eigenvalue weighted by Crippen LogP contribution is 2.12.